The monoisotopic (exact) mass is 367 g/mol. The fourth-order valence-electron chi connectivity index (χ4n) is 2.00. The standard InChI is InChI=1S/C12H10BrN5O2S/c1-21-12-11-14-3-8(18(11)5-9(13)16-12)7-2-15-17(4-7)6-10(19)20/h2-5H,6H2,1H3,(H,19,20). The molecule has 0 unspecified atom stereocenters. The van der Waals surface area contributed by atoms with Crippen molar-refractivity contribution in [1.29, 1.82) is 0 Å². The first-order chi connectivity index (χ1) is 10.1. The van der Waals surface area contributed by atoms with Gasteiger partial charge in [0.05, 0.1) is 18.1 Å². The van der Waals surface area contributed by atoms with Crippen molar-refractivity contribution in [2.45, 2.75) is 11.6 Å². The van der Waals surface area contributed by atoms with E-state index in [0.717, 1.165) is 21.9 Å². The molecule has 108 valence electrons. The molecule has 0 bridgehead atoms. The number of imidazole rings is 1. The molecule has 0 aromatic carbocycles. The lowest BCUT2D eigenvalue weighted by molar-refractivity contribution is -0.137. The summed E-state index contributed by atoms with van der Waals surface area (Å²) in [5, 5.41) is 13.6. The van der Waals surface area contributed by atoms with Crippen molar-refractivity contribution < 1.29 is 9.90 Å². The maximum atomic E-state index is 10.7. The summed E-state index contributed by atoms with van der Waals surface area (Å²) < 4.78 is 3.99. The van der Waals surface area contributed by atoms with E-state index in [2.05, 4.69) is 31.0 Å². The van der Waals surface area contributed by atoms with E-state index in [1.807, 2.05) is 16.9 Å². The van der Waals surface area contributed by atoms with Crippen molar-refractivity contribution >= 4 is 39.3 Å². The topological polar surface area (TPSA) is 85.3 Å². The predicted molar refractivity (Wildman–Crippen MR) is 81.3 cm³/mol. The first kappa shape index (κ1) is 14.1. The number of carboxylic acids is 1. The molecule has 3 heterocycles. The molecule has 3 aromatic rings. The van der Waals surface area contributed by atoms with Crippen LogP contribution in [0.1, 0.15) is 0 Å². The smallest absolute Gasteiger partial charge is 0.325 e. The molecule has 0 spiro atoms. The minimum atomic E-state index is -0.931. The Morgan fingerprint density at radius 3 is 2.95 bits per heavy atom. The quantitative estimate of drug-likeness (QED) is 0.711. The molecule has 7 nitrogen and oxygen atoms in total. The van der Waals surface area contributed by atoms with E-state index in [4.69, 9.17) is 5.11 Å². The first-order valence-electron chi connectivity index (χ1n) is 5.90. The van der Waals surface area contributed by atoms with Gasteiger partial charge in [0, 0.05) is 18.0 Å². The van der Waals surface area contributed by atoms with Crippen LogP contribution in [0.5, 0.6) is 0 Å². The molecule has 3 aromatic heterocycles. The number of nitrogens with zero attached hydrogens (tertiary/aromatic N) is 5. The number of halogens is 1. The maximum absolute atomic E-state index is 10.7. The summed E-state index contributed by atoms with van der Waals surface area (Å²) in [6, 6.07) is 0. The van der Waals surface area contributed by atoms with Crippen LogP contribution in [0.2, 0.25) is 0 Å². The maximum Gasteiger partial charge on any atom is 0.325 e. The Balaban J connectivity index is 2.10. The average Bonchev–Trinajstić information content (AvgIpc) is 3.03. The molecule has 0 radical (unpaired) electrons. The highest BCUT2D eigenvalue weighted by atomic mass is 79.9. The summed E-state index contributed by atoms with van der Waals surface area (Å²) in [5.74, 6) is -0.931. The SMILES string of the molecule is CSc1nc(Br)cn2c(-c3cnn(CC(=O)O)c3)cnc12. The normalized spacial score (nSPS) is 11.1. The third-order valence-electron chi connectivity index (χ3n) is 2.85. The Morgan fingerprint density at radius 1 is 1.43 bits per heavy atom. The highest BCUT2D eigenvalue weighted by Gasteiger charge is 2.13. The Kier molecular flexibility index (Phi) is 3.68. The van der Waals surface area contributed by atoms with Crippen LogP contribution < -0.4 is 0 Å². The molecule has 3 rings (SSSR count). The van der Waals surface area contributed by atoms with Gasteiger partial charge in [-0.05, 0) is 22.2 Å². The van der Waals surface area contributed by atoms with Gasteiger partial charge in [-0.2, -0.15) is 5.10 Å². The van der Waals surface area contributed by atoms with Gasteiger partial charge in [0.15, 0.2) is 5.65 Å². The number of thioether (sulfide) groups is 1. The van der Waals surface area contributed by atoms with Crippen LogP contribution in [0.25, 0.3) is 16.9 Å². The zero-order valence-corrected chi connectivity index (χ0v) is 13.3. The van der Waals surface area contributed by atoms with Crippen LogP contribution in [0.15, 0.2) is 34.4 Å². The van der Waals surface area contributed by atoms with E-state index in [9.17, 15) is 4.79 Å². The molecule has 1 N–H and O–H groups in total. The third-order valence-corrected chi connectivity index (χ3v) is 3.89. The van der Waals surface area contributed by atoms with Crippen molar-refractivity contribution in [2.75, 3.05) is 6.26 Å². The zero-order chi connectivity index (χ0) is 15.0. The van der Waals surface area contributed by atoms with Crippen LogP contribution in [0.3, 0.4) is 0 Å². The van der Waals surface area contributed by atoms with Gasteiger partial charge < -0.3 is 5.11 Å². The summed E-state index contributed by atoms with van der Waals surface area (Å²) in [6.07, 6.45) is 8.80. The summed E-state index contributed by atoms with van der Waals surface area (Å²) >= 11 is 4.89. The van der Waals surface area contributed by atoms with Crippen LogP contribution in [-0.2, 0) is 11.3 Å². The lowest BCUT2D eigenvalue weighted by Crippen LogP contribution is -2.08. The minimum Gasteiger partial charge on any atom is -0.480 e. The molecule has 21 heavy (non-hydrogen) atoms. The third kappa shape index (κ3) is 2.66. The van der Waals surface area contributed by atoms with Gasteiger partial charge in [-0.3, -0.25) is 13.9 Å². The summed E-state index contributed by atoms with van der Waals surface area (Å²) in [5.41, 5.74) is 2.39. The lowest BCUT2D eigenvalue weighted by Gasteiger charge is -2.03. The number of carboxylic acid groups (broad SMARTS) is 1. The number of aliphatic carboxylic acids is 1. The molecule has 9 heteroatoms. The second kappa shape index (κ2) is 5.49. The van der Waals surface area contributed by atoms with Gasteiger partial charge in [-0.15, -0.1) is 11.8 Å². The molecular formula is C12H10BrN5O2S. The highest BCUT2D eigenvalue weighted by Crippen LogP contribution is 2.26. The summed E-state index contributed by atoms with van der Waals surface area (Å²) in [7, 11) is 0. The first-order valence-corrected chi connectivity index (χ1v) is 7.92. The van der Waals surface area contributed by atoms with Gasteiger partial charge in [0.2, 0.25) is 0 Å². The fourth-order valence-corrected chi connectivity index (χ4v) is 3.03. The van der Waals surface area contributed by atoms with Crippen LogP contribution >= 0.6 is 27.7 Å². The summed E-state index contributed by atoms with van der Waals surface area (Å²) in [4.78, 5) is 19.5. The van der Waals surface area contributed by atoms with E-state index < -0.39 is 5.97 Å². The van der Waals surface area contributed by atoms with E-state index in [1.54, 1.807) is 18.6 Å². The van der Waals surface area contributed by atoms with Crippen molar-refractivity contribution in [3.63, 3.8) is 0 Å². The fraction of sp³-hybridized carbons (Fsp3) is 0.167. The number of hydrogen-bond donors (Lipinski definition) is 1. The van der Waals surface area contributed by atoms with Crippen LogP contribution in [0, 0.1) is 0 Å². The Labute approximate surface area is 132 Å². The molecule has 0 aliphatic heterocycles. The Bertz CT molecular complexity index is 828. The number of fused-ring (bicyclic) bond motifs is 1. The van der Waals surface area contributed by atoms with Crippen molar-refractivity contribution in [2.24, 2.45) is 0 Å². The number of rotatable bonds is 4. The molecule has 0 aliphatic carbocycles. The second-order valence-corrected chi connectivity index (χ2v) is 5.84. The molecule has 0 atom stereocenters. The minimum absolute atomic E-state index is 0.169. The van der Waals surface area contributed by atoms with Crippen molar-refractivity contribution in [3.05, 3.63) is 29.4 Å². The molecular weight excluding hydrogens is 358 g/mol. The zero-order valence-electron chi connectivity index (χ0n) is 10.9. The number of carbonyl (C=O) groups is 1. The van der Waals surface area contributed by atoms with E-state index in [1.165, 1.54) is 16.4 Å². The predicted octanol–water partition coefficient (Wildman–Crippen LogP) is 2.16. The number of aromatic nitrogens is 5. The second-order valence-electron chi connectivity index (χ2n) is 4.23. The lowest BCUT2D eigenvalue weighted by atomic mass is 10.3. The molecule has 0 fully saturated rings. The molecule has 0 saturated heterocycles. The van der Waals surface area contributed by atoms with E-state index in [-0.39, 0.29) is 6.54 Å². The largest absolute Gasteiger partial charge is 0.480 e. The molecule has 0 amide bonds. The van der Waals surface area contributed by atoms with Gasteiger partial charge in [-0.25, -0.2) is 9.97 Å². The van der Waals surface area contributed by atoms with Gasteiger partial charge in [0.1, 0.15) is 16.2 Å². The van der Waals surface area contributed by atoms with Crippen LogP contribution in [0.4, 0.5) is 0 Å². The number of hydrogen-bond acceptors (Lipinski definition) is 5. The van der Waals surface area contributed by atoms with Gasteiger partial charge in [0.25, 0.3) is 0 Å². The molecule has 0 saturated carbocycles. The van der Waals surface area contributed by atoms with E-state index in [0.29, 0.717) is 4.60 Å². The Hall–Kier alpha value is -1.87. The van der Waals surface area contributed by atoms with Crippen molar-refractivity contribution in [1.82, 2.24) is 24.1 Å². The molecule has 0 aliphatic rings. The van der Waals surface area contributed by atoms with Gasteiger partial charge >= 0.3 is 5.97 Å². The highest BCUT2D eigenvalue weighted by molar-refractivity contribution is 9.10. The van der Waals surface area contributed by atoms with Crippen LogP contribution in [-0.4, -0.2) is 41.5 Å². The summed E-state index contributed by atoms with van der Waals surface area (Å²) in [6.45, 7) is -0.169. The average molecular weight is 368 g/mol. The van der Waals surface area contributed by atoms with Gasteiger partial charge in [-0.1, -0.05) is 0 Å². The van der Waals surface area contributed by atoms with Crippen molar-refractivity contribution in [3.8, 4) is 11.3 Å². The van der Waals surface area contributed by atoms with E-state index >= 15 is 0 Å². The Morgan fingerprint density at radius 2 is 2.24 bits per heavy atom.